The van der Waals surface area contributed by atoms with Gasteiger partial charge in [0.1, 0.15) is 0 Å². The Hall–Kier alpha value is -1.91. The Morgan fingerprint density at radius 1 is 1.36 bits per heavy atom. The van der Waals surface area contributed by atoms with Crippen molar-refractivity contribution in [1.82, 2.24) is 9.80 Å². The van der Waals surface area contributed by atoms with Crippen LogP contribution in [0.1, 0.15) is 38.3 Å². The SMILES string of the molecule is C/C=C\C(=C/C)CC(=O)N(C)[C@H](CN1CC[C@H](O)C1)c1ccccc1. The number of rotatable bonds is 7. The molecular formula is C21H30N2O2. The maximum Gasteiger partial charge on any atom is 0.227 e. The largest absolute Gasteiger partial charge is 0.392 e. The normalized spacial score (nSPS) is 20.2. The number of benzene rings is 1. The number of allylic oxidation sites excluding steroid dienone is 3. The number of likely N-dealkylation sites (tertiary alicyclic amines) is 1. The summed E-state index contributed by atoms with van der Waals surface area (Å²) in [7, 11) is 1.88. The number of nitrogens with zero attached hydrogens (tertiary/aromatic N) is 2. The Morgan fingerprint density at radius 2 is 2.08 bits per heavy atom. The molecule has 0 aromatic heterocycles. The molecule has 1 amide bonds. The third kappa shape index (κ3) is 5.55. The third-order valence-corrected chi connectivity index (χ3v) is 4.83. The zero-order valence-electron chi connectivity index (χ0n) is 15.6. The summed E-state index contributed by atoms with van der Waals surface area (Å²) in [5.74, 6) is 0.111. The Bertz CT molecular complexity index is 610. The van der Waals surface area contributed by atoms with Crippen LogP contribution in [0.2, 0.25) is 0 Å². The van der Waals surface area contributed by atoms with E-state index < -0.39 is 0 Å². The van der Waals surface area contributed by atoms with Gasteiger partial charge in [0.2, 0.25) is 5.91 Å². The number of carbonyl (C=O) groups is 1. The minimum absolute atomic E-state index is 0.0114. The molecule has 1 saturated heterocycles. The van der Waals surface area contributed by atoms with Crippen LogP contribution in [-0.2, 0) is 4.79 Å². The zero-order valence-corrected chi connectivity index (χ0v) is 15.6. The topological polar surface area (TPSA) is 43.8 Å². The Morgan fingerprint density at radius 3 is 2.64 bits per heavy atom. The standard InChI is InChI=1S/C21H30N2O2/c1-4-9-17(5-2)14-21(25)22(3)20(18-10-7-6-8-11-18)16-23-13-12-19(24)15-23/h4-11,19-20,24H,12-16H2,1-3H3/b9-4-,17-5+/t19-,20+/m0/s1. The van der Waals surface area contributed by atoms with Crippen molar-refractivity contribution in [2.45, 2.75) is 38.8 Å². The van der Waals surface area contributed by atoms with E-state index in [4.69, 9.17) is 0 Å². The van der Waals surface area contributed by atoms with Gasteiger partial charge in [-0.2, -0.15) is 0 Å². The molecule has 136 valence electrons. The monoisotopic (exact) mass is 342 g/mol. The van der Waals surface area contributed by atoms with Crippen molar-refractivity contribution < 1.29 is 9.90 Å². The summed E-state index contributed by atoms with van der Waals surface area (Å²) in [4.78, 5) is 16.9. The van der Waals surface area contributed by atoms with E-state index in [1.165, 1.54) is 0 Å². The summed E-state index contributed by atoms with van der Waals surface area (Å²) in [6.45, 7) is 6.24. The summed E-state index contributed by atoms with van der Waals surface area (Å²) in [6, 6.07) is 10.1. The fraction of sp³-hybridized carbons (Fsp3) is 0.476. The summed E-state index contributed by atoms with van der Waals surface area (Å²) < 4.78 is 0. The molecule has 0 aliphatic carbocycles. The third-order valence-electron chi connectivity index (χ3n) is 4.83. The zero-order chi connectivity index (χ0) is 18.2. The molecule has 1 aliphatic heterocycles. The van der Waals surface area contributed by atoms with Gasteiger partial charge in [-0.15, -0.1) is 0 Å². The van der Waals surface area contributed by atoms with Crippen LogP contribution < -0.4 is 0 Å². The molecule has 0 unspecified atom stereocenters. The summed E-state index contributed by atoms with van der Waals surface area (Å²) in [5.41, 5.74) is 2.16. The summed E-state index contributed by atoms with van der Waals surface area (Å²) >= 11 is 0. The number of hydrogen-bond donors (Lipinski definition) is 1. The van der Waals surface area contributed by atoms with E-state index in [0.29, 0.717) is 13.0 Å². The number of likely N-dealkylation sites (N-methyl/N-ethyl adjacent to an activating group) is 1. The molecule has 2 atom stereocenters. The van der Waals surface area contributed by atoms with Crippen molar-refractivity contribution in [1.29, 1.82) is 0 Å². The van der Waals surface area contributed by atoms with E-state index in [0.717, 1.165) is 30.6 Å². The first-order valence-corrected chi connectivity index (χ1v) is 9.04. The predicted molar refractivity (Wildman–Crippen MR) is 102 cm³/mol. The van der Waals surface area contributed by atoms with Crippen LogP contribution in [0.15, 0.2) is 54.1 Å². The molecule has 2 rings (SSSR count). The second kappa shape index (κ2) is 9.54. The van der Waals surface area contributed by atoms with E-state index in [2.05, 4.69) is 17.0 Å². The maximum absolute atomic E-state index is 12.8. The van der Waals surface area contributed by atoms with Crippen LogP contribution in [0.25, 0.3) is 0 Å². The molecule has 0 bridgehead atoms. The van der Waals surface area contributed by atoms with E-state index >= 15 is 0 Å². The lowest BCUT2D eigenvalue weighted by Crippen LogP contribution is -2.39. The van der Waals surface area contributed by atoms with Gasteiger partial charge in [-0.25, -0.2) is 0 Å². The smallest absolute Gasteiger partial charge is 0.227 e. The van der Waals surface area contributed by atoms with Gasteiger partial charge in [0.15, 0.2) is 0 Å². The van der Waals surface area contributed by atoms with Crippen molar-refractivity contribution in [3.63, 3.8) is 0 Å². The van der Waals surface area contributed by atoms with Crippen LogP contribution in [0.5, 0.6) is 0 Å². The van der Waals surface area contributed by atoms with Crippen LogP contribution in [-0.4, -0.2) is 53.6 Å². The average Bonchev–Trinajstić information content (AvgIpc) is 3.04. The van der Waals surface area contributed by atoms with Crippen LogP contribution >= 0.6 is 0 Å². The first kappa shape index (κ1) is 19.4. The number of hydrogen-bond acceptors (Lipinski definition) is 3. The van der Waals surface area contributed by atoms with Crippen LogP contribution in [0.3, 0.4) is 0 Å². The maximum atomic E-state index is 12.8. The molecule has 1 heterocycles. The predicted octanol–water partition coefficient (Wildman–Crippen LogP) is 3.17. The molecule has 4 heteroatoms. The molecule has 1 fully saturated rings. The van der Waals surface area contributed by atoms with E-state index in [1.807, 2.05) is 62.2 Å². The van der Waals surface area contributed by atoms with E-state index in [-0.39, 0.29) is 18.1 Å². The van der Waals surface area contributed by atoms with Crippen LogP contribution in [0.4, 0.5) is 0 Å². The quantitative estimate of drug-likeness (QED) is 0.774. The Labute approximate surface area is 151 Å². The second-order valence-electron chi connectivity index (χ2n) is 6.67. The van der Waals surface area contributed by atoms with Gasteiger partial charge in [0.05, 0.1) is 18.6 Å². The highest BCUT2D eigenvalue weighted by Gasteiger charge is 2.28. The van der Waals surface area contributed by atoms with Crippen molar-refractivity contribution >= 4 is 5.91 Å². The van der Waals surface area contributed by atoms with Crippen molar-refractivity contribution in [2.75, 3.05) is 26.7 Å². The molecule has 1 aromatic carbocycles. The van der Waals surface area contributed by atoms with Crippen molar-refractivity contribution in [2.24, 2.45) is 0 Å². The summed E-state index contributed by atoms with van der Waals surface area (Å²) in [5, 5.41) is 9.80. The molecular weight excluding hydrogens is 312 g/mol. The minimum Gasteiger partial charge on any atom is -0.392 e. The van der Waals surface area contributed by atoms with Gasteiger partial charge < -0.3 is 10.0 Å². The number of amides is 1. The highest BCUT2D eigenvalue weighted by molar-refractivity contribution is 5.79. The van der Waals surface area contributed by atoms with Gasteiger partial charge >= 0.3 is 0 Å². The highest BCUT2D eigenvalue weighted by atomic mass is 16.3. The number of aliphatic hydroxyl groups is 1. The number of carbonyl (C=O) groups excluding carboxylic acids is 1. The minimum atomic E-state index is -0.248. The van der Waals surface area contributed by atoms with Gasteiger partial charge in [-0.1, -0.05) is 48.6 Å². The fourth-order valence-corrected chi connectivity index (χ4v) is 3.29. The number of β-amino-alcohol motifs (C(OH)–C–C–N with tert-alkyl or cyclic N) is 1. The molecule has 1 N–H and O–H groups in total. The van der Waals surface area contributed by atoms with E-state index in [9.17, 15) is 9.90 Å². The Balaban J connectivity index is 2.14. The second-order valence-corrected chi connectivity index (χ2v) is 6.67. The van der Waals surface area contributed by atoms with Crippen molar-refractivity contribution in [3.8, 4) is 0 Å². The molecule has 0 saturated carbocycles. The van der Waals surface area contributed by atoms with Crippen molar-refractivity contribution in [3.05, 3.63) is 59.7 Å². The average molecular weight is 342 g/mol. The lowest BCUT2D eigenvalue weighted by Gasteiger charge is -2.32. The highest BCUT2D eigenvalue weighted by Crippen LogP contribution is 2.24. The lowest BCUT2D eigenvalue weighted by molar-refractivity contribution is -0.131. The molecule has 1 aliphatic rings. The van der Waals surface area contributed by atoms with Gasteiger partial charge in [-0.3, -0.25) is 9.69 Å². The molecule has 0 spiro atoms. The molecule has 1 aromatic rings. The Kier molecular flexibility index (Phi) is 7.41. The van der Waals surface area contributed by atoms with Gasteiger partial charge in [0, 0.05) is 26.7 Å². The van der Waals surface area contributed by atoms with Crippen LogP contribution in [0, 0.1) is 0 Å². The summed E-state index contributed by atoms with van der Waals surface area (Å²) in [6.07, 6.45) is 6.90. The fourth-order valence-electron chi connectivity index (χ4n) is 3.29. The molecule has 25 heavy (non-hydrogen) atoms. The van der Waals surface area contributed by atoms with Gasteiger partial charge in [0.25, 0.3) is 0 Å². The first-order valence-electron chi connectivity index (χ1n) is 9.04. The first-order chi connectivity index (χ1) is 12.0. The molecule has 0 radical (unpaired) electrons. The lowest BCUT2D eigenvalue weighted by atomic mass is 10.0. The number of aliphatic hydroxyl groups excluding tert-OH is 1. The van der Waals surface area contributed by atoms with E-state index in [1.54, 1.807) is 0 Å². The van der Waals surface area contributed by atoms with Gasteiger partial charge in [-0.05, 0) is 31.4 Å². The molecule has 4 nitrogen and oxygen atoms in total.